The van der Waals surface area contributed by atoms with Gasteiger partial charge in [-0.25, -0.2) is 0 Å². The first-order valence-corrected chi connectivity index (χ1v) is 10.9. The number of rotatable bonds is 7. The van der Waals surface area contributed by atoms with E-state index in [2.05, 4.69) is 64.3 Å². The number of aromatic amines is 1. The van der Waals surface area contributed by atoms with Gasteiger partial charge in [0.1, 0.15) is 0 Å². The second-order valence-corrected chi connectivity index (χ2v) is 8.62. The van der Waals surface area contributed by atoms with E-state index in [1.807, 2.05) is 14.1 Å². The van der Waals surface area contributed by atoms with Crippen LogP contribution in [0.3, 0.4) is 0 Å². The molecule has 2 heterocycles. The van der Waals surface area contributed by atoms with Crippen LogP contribution in [0.4, 0.5) is 0 Å². The standard InChI is InChI=1S/C24H29ClN4O/c1-5-29(6-2)13-15-7-8-20-16(9-15)11-21(27-20)18-10-17(14-28(3)4)23(25)19-12-26-24(30)22(18)19/h7-11,27H,5-6,12-14H2,1-4H3,(H,26,30). The minimum atomic E-state index is -0.0563. The second-order valence-electron chi connectivity index (χ2n) is 8.24. The number of halogens is 1. The summed E-state index contributed by atoms with van der Waals surface area (Å²) in [5, 5.41) is 4.79. The van der Waals surface area contributed by atoms with Gasteiger partial charge in [0.05, 0.1) is 10.6 Å². The third-order valence-corrected chi connectivity index (χ3v) is 6.32. The molecular formula is C24H29ClN4O. The Hall–Kier alpha value is -2.34. The van der Waals surface area contributed by atoms with Crippen molar-refractivity contribution in [3.05, 3.63) is 57.6 Å². The molecule has 30 heavy (non-hydrogen) atoms. The number of H-pyrrole nitrogens is 1. The van der Waals surface area contributed by atoms with Crippen LogP contribution >= 0.6 is 11.6 Å². The molecule has 1 aliphatic rings. The molecule has 5 nitrogen and oxygen atoms in total. The summed E-state index contributed by atoms with van der Waals surface area (Å²) in [4.78, 5) is 20.6. The highest BCUT2D eigenvalue weighted by molar-refractivity contribution is 6.33. The largest absolute Gasteiger partial charge is 0.355 e. The number of hydrogen-bond donors (Lipinski definition) is 2. The molecule has 0 unspecified atom stereocenters. The van der Waals surface area contributed by atoms with Crippen molar-refractivity contribution in [1.82, 2.24) is 20.1 Å². The zero-order valence-electron chi connectivity index (χ0n) is 18.1. The minimum absolute atomic E-state index is 0.0563. The van der Waals surface area contributed by atoms with Gasteiger partial charge in [0.15, 0.2) is 0 Å². The van der Waals surface area contributed by atoms with E-state index in [-0.39, 0.29) is 5.91 Å². The van der Waals surface area contributed by atoms with Crippen LogP contribution in [-0.4, -0.2) is 47.9 Å². The summed E-state index contributed by atoms with van der Waals surface area (Å²) in [5.41, 5.74) is 6.87. The highest BCUT2D eigenvalue weighted by Crippen LogP contribution is 2.37. The van der Waals surface area contributed by atoms with E-state index in [1.165, 1.54) is 5.56 Å². The van der Waals surface area contributed by atoms with Gasteiger partial charge >= 0.3 is 0 Å². The van der Waals surface area contributed by atoms with Crippen LogP contribution in [0.15, 0.2) is 30.3 Å². The fourth-order valence-corrected chi connectivity index (χ4v) is 4.53. The predicted octanol–water partition coefficient (Wildman–Crippen LogP) is 4.64. The SMILES string of the molecule is CCN(CC)Cc1ccc2[nH]c(-c3cc(CN(C)C)c(Cl)c4c3C(=O)NC4)cc2c1. The number of hydrogen-bond acceptors (Lipinski definition) is 3. The number of carbonyl (C=O) groups is 1. The van der Waals surface area contributed by atoms with Crippen LogP contribution in [0, 0.1) is 0 Å². The van der Waals surface area contributed by atoms with E-state index in [0.717, 1.165) is 59.5 Å². The second kappa shape index (κ2) is 8.42. The Kier molecular flexibility index (Phi) is 5.87. The van der Waals surface area contributed by atoms with Gasteiger partial charge in [-0.1, -0.05) is 31.5 Å². The van der Waals surface area contributed by atoms with Crippen molar-refractivity contribution in [2.24, 2.45) is 0 Å². The van der Waals surface area contributed by atoms with Crippen LogP contribution < -0.4 is 5.32 Å². The van der Waals surface area contributed by atoms with Crippen LogP contribution in [0.5, 0.6) is 0 Å². The van der Waals surface area contributed by atoms with E-state index in [1.54, 1.807) is 0 Å². The average Bonchev–Trinajstić information content (AvgIpc) is 3.31. The third kappa shape index (κ3) is 3.85. The Labute approximate surface area is 183 Å². The Morgan fingerprint density at radius 3 is 2.53 bits per heavy atom. The maximum Gasteiger partial charge on any atom is 0.252 e. The lowest BCUT2D eigenvalue weighted by Gasteiger charge is -2.17. The highest BCUT2D eigenvalue weighted by atomic mass is 35.5. The molecule has 6 heteroatoms. The average molecular weight is 425 g/mol. The van der Waals surface area contributed by atoms with Crippen LogP contribution in [0.1, 0.15) is 40.9 Å². The van der Waals surface area contributed by atoms with Crippen molar-refractivity contribution < 1.29 is 4.79 Å². The van der Waals surface area contributed by atoms with Crippen molar-refractivity contribution in [2.75, 3.05) is 27.2 Å². The summed E-state index contributed by atoms with van der Waals surface area (Å²) in [6.07, 6.45) is 0. The molecule has 4 rings (SSSR count). The summed E-state index contributed by atoms with van der Waals surface area (Å²) >= 11 is 6.66. The van der Waals surface area contributed by atoms with E-state index < -0.39 is 0 Å². The number of fused-ring (bicyclic) bond motifs is 2. The van der Waals surface area contributed by atoms with E-state index in [0.29, 0.717) is 17.1 Å². The molecule has 1 aliphatic heterocycles. The number of benzene rings is 2. The molecule has 1 aromatic heterocycles. The molecule has 0 radical (unpaired) electrons. The summed E-state index contributed by atoms with van der Waals surface area (Å²) < 4.78 is 0. The van der Waals surface area contributed by atoms with Crippen LogP contribution in [-0.2, 0) is 19.6 Å². The first kappa shape index (κ1) is 20.9. The minimum Gasteiger partial charge on any atom is -0.355 e. The quantitative estimate of drug-likeness (QED) is 0.581. The number of nitrogens with one attached hydrogen (secondary N) is 2. The van der Waals surface area contributed by atoms with Crippen LogP contribution in [0.25, 0.3) is 22.2 Å². The molecule has 0 fully saturated rings. The summed E-state index contributed by atoms with van der Waals surface area (Å²) in [7, 11) is 4.04. The fraction of sp³-hybridized carbons (Fsp3) is 0.375. The highest BCUT2D eigenvalue weighted by Gasteiger charge is 2.28. The van der Waals surface area contributed by atoms with Gasteiger partial charge in [-0.15, -0.1) is 0 Å². The molecule has 0 saturated carbocycles. The predicted molar refractivity (Wildman–Crippen MR) is 124 cm³/mol. The monoisotopic (exact) mass is 424 g/mol. The molecule has 0 spiro atoms. The lowest BCUT2D eigenvalue weighted by Crippen LogP contribution is -2.21. The molecule has 0 aliphatic carbocycles. The maximum atomic E-state index is 12.6. The molecule has 0 atom stereocenters. The van der Waals surface area contributed by atoms with Gasteiger partial charge < -0.3 is 15.2 Å². The molecule has 158 valence electrons. The smallest absolute Gasteiger partial charge is 0.252 e. The zero-order valence-corrected chi connectivity index (χ0v) is 18.9. The third-order valence-electron chi connectivity index (χ3n) is 5.85. The molecule has 0 saturated heterocycles. The summed E-state index contributed by atoms with van der Waals surface area (Å²) in [5.74, 6) is -0.0563. The van der Waals surface area contributed by atoms with Gasteiger partial charge in [0, 0.05) is 47.4 Å². The first-order chi connectivity index (χ1) is 14.4. The maximum absolute atomic E-state index is 12.6. The zero-order chi connectivity index (χ0) is 21.4. The Morgan fingerprint density at radius 2 is 1.83 bits per heavy atom. The van der Waals surface area contributed by atoms with E-state index in [4.69, 9.17) is 11.6 Å². The molecule has 1 amide bonds. The van der Waals surface area contributed by atoms with Gasteiger partial charge in [0.2, 0.25) is 0 Å². The van der Waals surface area contributed by atoms with Gasteiger partial charge in [-0.2, -0.15) is 0 Å². The van der Waals surface area contributed by atoms with E-state index >= 15 is 0 Å². The lowest BCUT2D eigenvalue weighted by molar-refractivity contribution is 0.0966. The first-order valence-electron chi connectivity index (χ1n) is 10.5. The van der Waals surface area contributed by atoms with Crippen molar-refractivity contribution in [3.63, 3.8) is 0 Å². The van der Waals surface area contributed by atoms with E-state index in [9.17, 15) is 4.79 Å². The Morgan fingerprint density at radius 1 is 1.07 bits per heavy atom. The Balaban J connectivity index is 1.80. The van der Waals surface area contributed by atoms with Crippen molar-refractivity contribution in [3.8, 4) is 11.3 Å². The van der Waals surface area contributed by atoms with Crippen molar-refractivity contribution in [1.29, 1.82) is 0 Å². The van der Waals surface area contributed by atoms with Crippen molar-refractivity contribution in [2.45, 2.75) is 33.5 Å². The fourth-order valence-electron chi connectivity index (χ4n) is 4.26. The molecule has 0 bridgehead atoms. The van der Waals surface area contributed by atoms with Crippen LogP contribution in [0.2, 0.25) is 5.02 Å². The van der Waals surface area contributed by atoms with Gasteiger partial charge in [-0.05, 0) is 62.6 Å². The molecule has 2 aromatic carbocycles. The topological polar surface area (TPSA) is 51.4 Å². The molecule has 2 N–H and O–H groups in total. The number of nitrogens with zero attached hydrogens (tertiary/aromatic N) is 2. The Bertz CT molecular complexity index is 1100. The number of aromatic nitrogens is 1. The van der Waals surface area contributed by atoms with Crippen molar-refractivity contribution >= 4 is 28.4 Å². The molecule has 3 aromatic rings. The van der Waals surface area contributed by atoms with Gasteiger partial charge in [-0.3, -0.25) is 9.69 Å². The molecular weight excluding hydrogens is 396 g/mol. The normalized spacial score (nSPS) is 13.5. The number of amides is 1. The number of carbonyl (C=O) groups excluding carboxylic acids is 1. The lowest BCUT2D eigenvalue weighted by atomic mass is 9.96. The summed E-state index contributed by atoms with van der Waals surface area (Å²) in [6.45, 7) is 8.59. The van der Waals surface area contributed by atoms with Gasteiger partial charge in [0.25, 0.3) is 5.91 Å². The summed E-state index contributed by atoms with van der Waals surface area (Å²) in [6, 6.07) is 10.8.